The van der Waals surface area contributed by atoms with Crippen LogP contribution in [0.25, 0.3) is 0 Å². The highest BCUT2D eigenvalue weighted by molar-refractivity contribution is 6.25. The highest BCUT2D eigenvalue weighted by atomic mass is 16.4. The van der Waals surface area contributed by atoms with Gasteiger partial charge in [-0.25, -0.2) is 62.5 Å². The lowest BCUT2D eigenvalue weighted by Gasteiger charge is -2.01. The molecule has 1 radical (unpaired) electrons. The van der Waals surface area contributed by atoms with Crippen LogP contribution < -0.4 is 57.9 Å². The predicted octanol–water partition coefficient (Wildman–Crippen LogP) is -3.11. The van der Waals surface area contributed by atoms with Crippen molar-refractivity contribution in [1.29, 1.82) is 0 Å². The summed E-state index contributed by atoms with van der Waals surface area (Å²) < 4.78 is 25.7. The Morgan fingerprint density at radius 3 is 0.507 bits per heavy atom. The molecule has 0 aromatic carbocycles. The summed E-state index contributed by atoms with van der Waals surface area (Å²) in [7, 11) is 11.8. The Labute approximate surface area is 447 Å². The van der Waals surface area contributed by atoms with E-state index in [1.165, 1.54) is 77.0 Å². The largest absolute Gasteiger partial charge is 0.900 e. The Hall–Kier alpha value is -6.88. The van der Waals surface area contributed by atoms with Gasteiger partial charge in [0.25, 0.3) is 0 Å². The Morgan fingerprint density at radius 2 is 0.440 bits per heavy atom. The van der Waals surface area contributed by atoms with Gasteiger partial charge in [0.15, 0.2) is 0 Å². The van der Waals surface area contributed by atoms with Crippen molar-refractivity contribution in [3.05, 3.63) is 112 Å². The van der Waals surface area contributed by atoms with Gasteiger partial charge in [0, 0.05) is 0 Å². The van der Waals surface area contributed by atoms with Crippen molar-refractivity contribution < 1.29 is 77.1 Å². The van der Waals surface area contributed by atoms with Crippen molar-refractivity contribution in [3.63, 3.8) is 0 Å². The third-order valence-electron chi connectivity index (χ3n) is 9.89. The first-order valence-corrected chi connectivity index (χ1v) is 25.6. The maximum Gasteiger partial charge on any atom is 0.243 e. The fourth-order valence-corrected chi connectivity index (χ4v) is 5.85. The molecule has 0 atom stereocenters. The summed E-state index contributed by atoms with van der Waals surface area (Å²) in [4.78, 5) is 35.7. The molecule has 0 unspecified atom stereocenters. The monoisotopic (exact) mass is 1050 g/mol. The first kappa shape index (κ1) is 72.4. The van der Waals surface area contributed by atoms with Crippen LogP contribution in [0.3, 0.4) is 0 Å². The van der Waals surface area contributed by atoms with E-state index in [1.54, 1.807) is 0 Å². The topological polar surface area (TPSA) is 260 Å². The van der Waals surface area contributed by atoms with Crippen molar-refractivity contribution in [2.24, 2.45) is 42.3 Å². The van der Waals surface area contributed by atoms with E-state index >= 15 is 0 Å². The molecule has 421 valence electrons. The minimum absolute atomic E-state index is 0.500. The third-order valence-corrected chi connectivity index (χ3v) is 9.89. The van der Waals surface area contributed by atoms with Crippen LogP contribution in [0.5, 0.6) is 0 Å². The van der Waals surface area contributed by atoms with E-state index in [-0.39, 0.29) is 0 Å². The summed E-state index contributed by atoms with van der Waals surface area (Å²) in [6.45, 7) is 20.2. The number of hydrogen-bond acceptors (Lipinski definition) is 10. The van der Waals surface area contributed by atoms with Crippen LogP contribution in [0.4, 0.5) is 0 Å². The van der Waals surface area contributed by atoms with Gasteiger partial charge in [-0.15, -0.1) is 0 Å². The van der Waals surface area contributed by atoms with Gasteiger partial charge < -0.3 is 49.7 Å². The van der Waals surface area contributed by atoms with Gasteiger partial charge in [-0.2, -0.15) is 0 Å². The van der Waals surface area contributed by atoms with E-state index in [1.807, 2.05) is 42.3 Å². The van der Waals surface area contributed by atoms with Crippen LogP contribution >= 0.6 is 0 Å². The number of aromatic nitrogens is 12. The zero-order valence-corrected chi connectivity index (χ0v) is 47.1. The zero-order chi connectivity index (χ0) is 57.4. The SMILES string of the molecule is CCCCn1cc[n+](C)c1.CCCCn1cc[n+](C)c1.CCCCn1cc[n+](C)c1.CCCCn1cc[n+](C)c1.CCCCn1cc[n+](C)c1.CCCCn1cc[n+](C)c1.O=C([O-])C(=O)[O-].O=C([O-])C(=O)[O-].[O-][B][O-]. The molecule has 0 saturated carbocycles. The van der Waals surface area contributed by atoms with E-state index in [2.05, 4.69) is 209 Å². The highest BCUT2D eigenvalue weighted by Gasteiger charge is 2.01. The number of carboxylic acid groups (broad SMARTS) is 4. The Balaban J connectivity index is -0.000000789. The Kier molecular flexibility index (Phi) is 46.4. The number of carbonyl (C=O) groups is 4. The van der Waals surface area contributed by atoms with Crippen LogP contribution in [0.15, 0.2) is 112 Å². The molecule has 6 aromatic heterocycles. The smallest absolute Gasteiger partial charge is 0.243 e. The molecule has 0 aliphatic carbocycles. The number of hydrogen-bond donors (Lipinski definition) is 0. The van der Waals surface area contributed by atoms with Crippen LogP contribution in [-0.4, -0.2) is 59.0 Å². The van der Waals surface area contributed by atoms with E-state index in [9.17, 15) is 0 Å². The van der Waals surface area contributed by atoms with Gasteiger partial charge in [0.1, 0.15) is 74.4 Å². The first-order valence-electron chi connectivity index (χ1n) is 25.6. The lowest BCUT2D eigenvalue weighted by atomic mass is 10.3. The minimum atomic E-state index is -2.19. The van der Waals surface area contributed by atoms with E-state index < -0.39 is 31.6 Å². The molecule has 0 fully saturated rings. The number of aryl methyl sites for hydroxylation is 12. The highest BCUT2D eigenvalue weighted by Crippen LogP contribution is 1.96. The number of carbonyl (C=O) groups excluding carboxylic acids is 4. The van der Waals surface area contributed by atoms with Gasteiger partial charge in [-0.05, 0) is 38.5 Å². The molecule has 0 amide bonds. The first-order chi connectivity index (χ1) is 35.7. The molecule has 22 nitrogen and oxygen atoms in total. The fourth-order valence-electron chi connectivity index (χ4n) is 5.85. The number of aliphatic carboxylic acids is 4. The van der Waals surface area contributed by atoms with Crippen molar-refractivity contribution in [3.8, 4) is 0 Å². The van der Waals surface area contributed by atoms with Gasteiger partial charge >= 0.3 is 0 Å². The molecule has 0 aliphatic rings. The molecule has 6 heterocycles. The maximum atomic E-state index is 8.93. The number of imidazole rings is 6. The molecule has 0 aliphatic heterocycles. The van der Waals surface area contributed by atoms with E-state index in [4.69, 9.17) is 49.7 Å². The molecule has 75 heavy (non-hydrogen) atoms. The lowest BCUT2D eigenvalue weighted by molar-refractivity contribution is -0.671. The van der Waals surface area contributed by atoms with Crippen LogP contribution in [0.2, 0.25) is 0 Å². The molecular formula is C52H90BN12O10. The number of carboxylic acids is 4. The average molecular weight is 1050 g/mol. The molecule has 0 saturated heterocycles. The second-order valence-corrected chi connectivity index (χ2v) is 17.3. The Bertz CT molecular complexity index is 1910. The maximum absolute atomic E-state index is 8.93. The molecule has 6 aromatic rings. The Morgan fingerprint density at radius 1 is 0.320 bits per heavy atom. The molecule has 23 heteroatoms. The fraction of sp³-hybridized carbons (Fsp3) is 0.577. The molecular weight excluding hydrogens is 963 g/mol. The second kappa shape index (κ2) is 48.1. The van der Waals surface area contributed by atoms with Crippen molar-refractivity contribution in [1.82, 2.24) is 27.4 Å². The van der Waals surface area contributed by atoms with Gasteiger partial charge in [-0.3, -0.25) is 0 Å². The summed E-state index contributed by atoms with van der Waals surface area (Å²) in [6.07, 6.45) is 52.9. The van der Waals surface area contributed by atoms with Crippen molar-refractivity contribution >= 4 is 31.6 Å². The molecule has 0 N–H and O–H groups in total. The minimum Gasteiger partial charge on any atom is -0.900 e. The van der Waals surface area contributed by atoms with E-state index in [0.717, 1.165) is 39.3 Å². The van der Waals surface area contributed by atoms with Crippen LogP contribution in [0.1, 0.15) is 119 Å². The van der Waals surface area contributed by atoms with Gasteiger partial charge in [0.2, 0.25) is 38.0 Å². The number of rotatable bonds is 18. The lowest BCUT2D eigenvalue weighted by Crippen LogP contribution is -2.42. The summed E-state index contributed by atoms with van der Waals surface area (Å²) in [5, 5.41) is 52.2. The van der Waals surface area contributed by atoms with Crippen molar-refractivity contribution in [2.45, 2.75) is 158 Å². The second-order valence-electron chi connectivity index (χ2n) is 17.3. The van der Waals surface area contributed by atoms with Gasteiger partial charge in [-0.1, -0.05) is 80.1 Å². The summed E-state index contributed by atoms with van der Waals surface area (Å²) in [5.41, 5.74) is 0. The molecule has 0 bridgehead atoms. The summed E-state index contributed by atoms with van der Waals surface area (Å²) in [5.74, 6) is -8.74. The van der Waals surface area contributed by atoms with Crippen molar-refractivity contribution in [2.75, 3.05) is 0 Å². The summed E-state index contributed by atoms with van der Waals surface area (Å²) in [6, 6.07) is 0. The average Bonchev–Trinajstić information content (AvgIpc) is 4.27. The number of nitrogens with zero attached hydrogens (tertiary/aromatic N) is 12. The number of unbranched alkanes of at least 4 members (excludes halogenated alkanes) is 6. The summed E-state index contributed by atoms with van der Waals surface area (Å²) >= 11 is 0. The van der Waals surface area contributed by atoms with Crippen LogP contribution in [-0.2, 0) is 101 Å². The molecule has 6 rings (SSSR count). The molecule has 0 spiro atoms. The quantitative estimate of drug-likeness (QED) is 0.0476. The van der Waals surface area contributed by atoms with Gasteiger partial charge in [0.05, 0.1) is 105 Å². The standard InChI is InChI=1S/6C8H15N2.2C2H2O4.BO2/c6*1-3-4-5-10-7-6-9(2)8-10;2*3-1(4)2(5)6;2-1-3/h6*6-8H,3-5H2,1-2H3;2*(H,3,4)(H,5,6);/q6*+1;;;-2/p-4. The normalized spacial score (nSPS) is 9.52. The predicted molar refractivity (Wildman–Crippen MR) is 269 cm³/mol. The zero-order valence-electron chi connectivity index (χ0n) is 47.1. The van der Waals surface area contributed by atoms with Crippen LogP contribution in [0, 0.1) is 0 Å². The van der Waals surface area contributed by atoms with E-state index in [0.29, 0.717) is 0 Å². The third kappa shape index (κ3) is 45.5.